The average molecular weight is 451 g/mol. The third kappa shape index (κ3) is 5.29. The molecule has 0 saturated heterocycles. The molecule has 0 spiro atoms. The molecule has 1 aliphatic rings. The molecular formula is C24H27ClN6O. The zero-order valence-corrected chi connectivity index (χ0v) is 18.7. The van der Waals surface area contributed by atoms with Gasteiger partial charge in [-0.1, -0.05) is 42.7 Å². The molecule has 0 aliphatic heterocycles. The van der Waals surface area contributed by atoms with E-state index in [9.17, 15) is 0 Å². The second-order valence-corrected chi connectivity index (χ2v) is 8.29. The number of hydrogen-bond acceptors (Lipinski definition) is 5. The minimum atomic E-state index is 0.0115. The van der Waals surface area contributed by atoms with Gasteiger partial charge in [-0.05, 0) is 54.8 Å². The number of ether oxygens (including phenoxy) is 1. The number of fused-ring (bicyclic) bond motifs is 1. The maximum absolute atomic E-state index is 5.98. The van der Waals surface area contributed by atoms with E-state index in [2.05, 4.69) is 10.3 Å². The molecule has 32 heavy (non-hydrogen) atoms. The average Bonchev–Trinajstić information content (AvgIpc) is 2.79. The van der Waals surface area contributed by atoms with Crippen LogP contribution in [0.1, 0.15) is 37.1 Å². The summed E-state index contributed by atoms with van der Waals surface area (Å²) in [6.45, 7) is 0. The summed E-state index contributed by atoms with van der Waals surface area (Å²) in [6, 6.07) is 13.5. The van der Waals surface area contributed by atoms with Crippen LogP contribution in [-0.2, 0) is 0 Å². The van der Waals surface area contributed by atoms with Crippen molar-refractivity contribution in [2.75, 3.05) is 12.4 Å². The number of hydrogen-bond donors (Lipinski definition) is 3. The van der Waals surface area contributed by atoms with Gasteiger partial charge in [0.05, 0.1) is 24.7 Å². The van der Waals surface area contributed by atoms with Crippen LogP contribution in [0.4, 0.5) is 5.82 Å². The Balaban J connectivity index is 1.71. The van der Waals surface area contributed by atoms with E-state index in [-0.39, 0.29) is 18.0 Å². The van der Waals surface area contributed by atoms with Crippen molar-refractivity contribution in [3.8, 4) is 5.75 Å². The van der Waals surface area contributed by atoms with Gasteiger partial charge in [-0.2, -0.15) is 0 Å². The van der Waals surface area contributed by atoms with Crippen LogP contribution in [0, 0.1) is 0 Å². The van der Waals surface area contributed by atoms with E-state index in [1.807, 2.05) is 54.6 Å². The van der Waals surface area contributed by atoms with Crippen molar-refractivity contribution in [3.63, 3.8) is 0 Å². The van der Waals surface area contributed by atoms with E-state index >= 15 is 0 Å². The second kappa shape index (κ2) is 9.87. The third-order valence-electron chi connectivity index (χ3n) is 5.58. The van der Waals surface area contributed by atoms with Gasteiger partial charge in [0, 0.05) is 10.4 Å². The van der Waals surface area contributed by atoms with E-state index in [1.165, 1.54) is 0 Å². The van der Waals surface area contributed by atoms with Crippen molar-refractivity contribution >= 4 is 46.4 Å². The van der Waals surface area contributed by atoms with E-state index in [0.717, 1.165) is 53.7 Å². The fourth-order valence-electron chi connectivity index (χ4n) is 3.98. The summed E-state index contributed by atoms with van der Waals surface area (Å²) < 4.78 is 5.42. The number of nitrogens with one attached hydrogen (secondary N) is 1. The zero-order valence-electron chi connectivity index (χ0n) is 18.0. The highest BCUT2D eigenvalue weighted by Gasteiger charge is 2.26. The molecule has 1 fully saturated rings. The Kier molecular flexibility index (Phi) is 6.75. The topological polar surface area (TPSA) is 111 Å². The van der Waals surface area contributed by atoms with Gasteiger partial charge in [0.25, 0.3) is 0 Å². The summed E-state index contributed by atoms with van der Waals surface area (Å²) in [6.07, 6.45) is 7.98. The maximum atomic E-state index is 5.98. The predicted octanol–water partition coefficient (Wildman–Crippen LogP) is 4.46. The first-order valence-electron chi connectivity index (χ1n) is 10.7. The number of rotatable bonds is 6. The number of methoxy groups -OCH3 is 1. The van der Waals surface area contributed by atoms with Gasteiger partial charge in [-0.3, -0.25) is 0 Å². The lowest BCUT2D eigenvalue weighted by Gasteiger charge is -2.30. The monoisotopic (exact) mass is 450 g/mol. The van der Waals surface area contributed by atoms with E-state index in [1.54, 1.807) is 7.11 Å². The number of aliphatic imine (C=N–C) groups is 1. The second-order valence-electron chi connectivity index (χ2n) is 7.85. The van der Waals surface area contributed by atoms with E-state index in [0.29, 0.717) is 10.8 Å². The predicted molar refractivity (Wildman–Crippen MR) is 132 cm³/mol. The SMILES string of the molecule is COc1ccc2nc(C=Cc3ccc(Cl)cc3)nc(N[C@H]3CCCC[C@@H]3N=C(N)N)c2c1. The smallest absolute Gasteiger partial charge is 0.186 e. The molecule has 8 heteroatoms. The molecule has 3 aromatic rings. The minimum Gasteiger partial charge on any atom is -0.497 e. The van der Waals surface area contributed by atoms with Gasteiger partial charge in [-0.25, -0.2) is 15.0 Å². The van der Waals surface area contributed by atoms with Crippen LogP contribution in [0.2, 0.25) is 5.02 Å². The van der Waals surface area contributed by atoms with Crippen molar-refractivity contribution in [2.24, 2.45) is 16.5 Å². The molecule has 5 N–H and O–H groups in total. The Bertz CT molecular complexity index is 1140. The number of anilines is 1. The lowest BCUT2D eigenvalue weighted by atomic mass is 9.90. The number of nitrogens with zero attached hydrogens (tertiary/aromatic N) is 3. The molecule has 0 amide bonds. The molecule has 1 aliphatic carbocycles. The van der Waals surface area contributed by atoms with Gasteiger partial charge in [0.2, 0.25) is 0 Å². The molecule has 166 valence electrons. The summed E-state index contributed by atoms with van der Waals surface area (Å²) in [4.78, 5) is 14.0. The van der Waals surface area contributed by atoms with Crippen molar-refractivity contribution in [3.05, 3.63) is 58.9 Å². The summed E-state index contributed by atoms with van der Waals surface area (Å²) in [5, 5.41) is 5.19. The highest BCUT2D eigenvalue weighted by Crippen LogP contribution is 2.30. The summed E-state index contributed by atoms with van der Waals surface area (Å²) in [5.41, 5.74) is 13.2. The van der Waals surface area contributed by atoms with Gasteiger partial charge >= 0.3 is 0 Å². The van der Waals surface area contributed by atoms with Crippen molar-refractivity contribution < 1.29 is 4.74 Å². The first-order valence-corrected chi connectivity index (χ1v) is 11.0. The Hall–Kier alpha value is -3.32. The zero-order chi connectivity index (χ0) is 22.5. The Labute approximate surface area is 192 Å². The molecule has 1 aromatic heterocycles. The fraction of sp³-hybridized carbons (Fsp3) is 0.292. The van der Waals surface area contributed by atoms with Crippen molar-refractivity contribution in [1.29, 1.82) is 0 Å². The molecule has 0 bridgehead atoms. The molecule has 7 nitrogen and oxygen atoms in total. The van der Waals surface area contributed by atoms with Gasteiger partial charge in [0.15, 0.2) is 11.8 Å². The third-order valence-corrected chi connectivity index (χ3v) is 5.83. The number of guanidine groups is 1. The molecule has 2 atom stereocenters. The Morgan fingerprint density at radius 1 is 1.09 bits per heavy atom. The summed E-state index contributed by atoms with van der Waals surface area (Å²) in [5.74, 6) is 2.21. The molecule has 4 rings (SSSR count). The lowest BCUT2D eigenvalue weighted by molar-refractivity contribution is 0.405. The highest BCUT2D eigenvalue weighted by atomic mass is 35.5. The summed E-state index contributed by atoms with van der Waals surface area (Å²) in [7, 11) is 1.65. The quantitative estimate of drug-likeness (QED) is 0.377. The molecule has 1 heterocycles. The van der Waals surface area contributed by atoms with Crippen LogP contribution >= 0.6 is 11.6 Å². The number of nitrogens with two attached hydrogens (primary N) is 2. The van der Waals surface area contributed by atoms with Crippen LogP contribution in [0.25, 0.3) is 23.1 Å². The van der Waals surface area contributed by atoms with Crippen LogP contribution in [0.5, 0.6) is 5.75 Å². The Morgan fingerprint density at radius 2 is 1.88 bits per heavy atom. The molecule has 0 unspecified atom stereocenters. The molecular weight excluding hydrogens is 424 g/mol. The summed E-state index contributed by atoms with van der Waals surface area (Å²) >= 11 is 5.98. The number of aromatic nitrogens is 2. The first kappa shape index (κ1) is 21.9. The van der Waals surface area contributed by atoms with Crippen LogP contribution in [0.15, 0.2) is 47.5 Å². The van der Waals surface area contributed by atoms with Crippen LogP contribution in [0.3, 0.4) is 0 Å². The van der Waals surface area contributed by atoms with Crippen LogP contribution < -0.4 is 21.5 Å². The standard InChI is InChI=1S/C24H27ClN6O/c1-32-17-11-12-19-18(14-17)23(29-20-4-2-3-5-21(20)30-24(26)27)31-22(28-19)13-8-15-6-9-16(25)10-7-15/h6-14,20-21H,2-5H2,1H3,(H4,26,27,30)(H,28,29,31)/t20-,21-/m0/s1. The number of halogens is 1. The number of benzene rings is 2. The van der Waals surface area contributed by atoms with Crippen molar-refractivity contribution in [2.45, 2.75) is 37.8 Å². The van der Waals surface area contributed by atoms with Gasteiger partial charge in [-0.15, -0.1) is 0 Å². The molecule has 1 saturated carbocycles. The minimum absolute atomic E-state index is 0.0115. The lowest BCUT2D eigenvalue weighted by Crippen LogP contribution is -2.38. The van der Waals surface area contributed by atoms with E-state index in [4.69, 9.17) is 37.8 Å². The normalized spacial score (nSPS) is 18.6. The van der Waals surface area contributed by atoms with Crippen LogP contribution in [-0.4, -0.2) is 35.1 Å². The first-order chi connectivity index (χ1) is 15.5. The fourth-order valence-corrected chi connectivity index (χ4v) is 4.11. The van der Waals surface area contributed by atoms with Gasteiger partial charge < -0.3 is 21.5 Å². The molecule has 2 aromatic carbocycles. The van der Waals surface area contributed by atoms with Gasteiger partial charge in [0.1, 0.15) is 11.6 Å². The largest absolute Gasteiger partial charge is 0.497 e. The Morgan fingerprint density at radius 3 is 2.62 bits per heavy atom. The highest BCUT2D eigenvalue weighted by molar-refractivity contribution is 6.30. The van der Waals surface area contributed by atoms with E-state index < -0.39 is 0 Å². The maximum Gasteiger partial charge on any atom is 0.186 e. The molecule has 0 radical (unpaired) electrons. The van der Waals surface area contributed by atoms with Crippen molar-refractivity contribution in [1.82, 2.24) is 9.97 Å².